The van der Waals surface area contributed by atoms with E-state index in [-0.39, 0.29) is 5.75 Å². The number of nitrogens with zero attached hydrogens (tertiary/aromatic N) is 1. The highest BCUT2D eigenvalue weighted by Gasteiger charge is 2.06. The number of halogens is 2. The van der Waals surface area contributed by atoms with Gasteiger partial charge in [-0.3, -0.25) is 0 Å². The van der Waals surface area contributed by atoms with Gasteiger partial charge in [-0.25, -0.2) is 4.98 Å². The van der Waals surface area contributed by atoms with Crippen molar-refractivity contribution in [1.82, 2.24) is 4.98 Å². The molecule has 1 heterocycles. The zero-order valence-corrected chi connectivity index (χ0v) is 8.15. The molecule has 0 bridgehead atoms. The molecule has 0 amide bonds. The van der Waals surface area contributed by atoms with Crippen LogP contribution in [0.15, 0.2) is 18.2 Å². The molecular weight excluding hydrogens is 208 g/mol. The van der Waals surface area contributed by atoms with Crippen molar-refractivity contribution in [3.05, 3.63) is 23.2 Å². The molecule has 0 aliphatic rings. The third-order valence-corrected chi connectivity index (χ3v) is 2.63. The topological polar surface area (TPSA) is 22.1 Å². The molecule has 0 aliphatic carbocycles. The first-order valence-corrected chi connectivity index (χ1v) is 4.79. The van der Waals surface area contributed by atoms with Gasteiger partial charge < -0.3 is 4.74 Å². The van der Waals surface area contributed by atoms with Crippen LogP contribution in [0.4, 0.5) is 8.78 Å². The van der Waals surface area contributed by atoms with E-state index in [0.29, 0.717) is 0 Å². The number of benzene rings is 1. The second kappa shape index (κ2) is 3.49. The van der Waals surface area contributed by atoms with Gasteiger partial charge in [-0.15, -0.1) is 11.3 Å². The van der Waals surface area contributed by atoms with E-state index < -0.39 is 6.61 Å². The van der Waals surface area contributed by atoms with Gasteiger partial charge in [0.15, 0.2) is 0 Å². The summed E-state index contributed by atoms with van der Waals surface area (Å²) >= 11 is 1.46. The Balaban J connectivity index is 2.40. The van der Waals surface area contributed by atoms with Crippen LogP contribution in [0.25, 0.3) is 10.2 Å². The molecule has 1 aromatic heterocycles. The lowest BCUT2D eigenvalue weighted by atomic mass is 10.3. The molecule has 2 nitrogen and oxygen atoms in total. The molecule has 0 saturated carbocycles. The summed E-state index contributed by atoms with van der Waals surface area (Å²) in [5, 5.41) is 0.911. The maximum atomic E-state index is 11.9. The van der Waals surface area contributed by atoms with Gasteiger partial charge in [0.2, 0.25) is 0 Å². The van der Waals surface area contributed by atoms with Crippen molar-refractivity contribution < 1.29 is 13.5 Å². The van der Waals surface area contributed by atoms with E-state index in [2.05, 4.69) is 9.72 Å². The second-order valence-corrected chi connectivity index (χ2v) is 3.98. The first-order chi connectivity index (χ1) is 6.65. The Bertz CT molecular complexity index is 455. The van der Waals surface area contributed by atoms with Crippen LogP contribution in [0, 0.1) is 6.92 Å². The van der Waals surface area contributed by atoms with Gasteiger partial charge in [0.05, 0.1) is 15.2 Å². The standard InChI is InChI=1S/C9H7F2NOS/c1-5-12-7-3-2-6(13-9(10)11)4-8(7)14-5/h2-4,9H,1H3. The SMILES string of the molecule is Cc1nc2ccc(OC(F)F)cc2s1. The molecule has 0 radical (unpaired) electrons. The molecule has 1 aromatic carbocycles. The van der Waals surface area contributed by atoms with E-state index in [9.17, 15) is 8.78 Å². The van der Waals surface area contributed by atoms with Gasteiger partial charge >= 0.3 is 6.61 Å². The van der Waals surface area contributed by atoms with E-state index >= 15 is 0 Å². The predicted octanol–water partition coefficient (Wildman–Crippen LogP) is 3.21. The van der Waals surface area contributed by atoms with Gasteiger partial charge in [0, 0.05) is 0 Å². The first-order valence-electron chi connectivity index (χ1n) is 3.97. The summed E-state index contributed by atoms with van der Waals surface area (Å²) in [6, 6.07) is 4.75. The number of aromatic nitrogens is 1. The summed E-state index contributed by atoms with van der Waals surface area (Å²) in [4.78, 5) is 4.21. The molecule has 0 saturated heterocycles. The van der Waals surface area contributed by atoms with Crippen molar-refractivity contribution >= 4 is 21.6 Å². The minimum absolute atomic E-state index is 0.177. The number of rotatable bonds is 2. The lowest BCUT2D eigenvalue weighted by Crippen LogP contribution is -2.01. The van der Waals surface area contributed by atoms with Crippen LogP contribution < -0.4 is 4.74 Å². The van der Waals surface area contributed by atoms with E-state index in [1.54, 1.807) is 12.1 Å². The smallest absolute Gasteiger partial charge is 0.387 e. The summed E-state index contributed by atoms with van der Waals surface area (Å²) in [7, 11) is 0. The number of hydrogen-bond acceptors (Lipinski definition) is 3. The molecule has 0 N–H and O–H groups in total. The van der Waals surface area contributed by atoms with Crippen molar-refractivity contribution in [2.45, 2.75) is 13.5 Å². The summed E-state index contributed by atoms with van der Waals surface area (Å²) < 4.78 is 28.9. The fraction of sp³-hybridized carbons (Fsp3) is 0.222. The molecule has 14 heavy (non-hydrogen) atoms. The van der Waals surface area contributed by atoms with Crippen LogP contribution in [0.1, 0.15) is 5.01 Å². The fourth-order valence-corrected chi connectivity index (χ4v) is 2.05. The molecule has 0 atom stereocenters. The summed E-state index contributed by atoms with van der Waals surface area (Å²) in [5.41, 5.74) is 0.814. The molecule has 74 valence electrons. The number of thiazole rings is 1. The molecule has 2 rings (SSSR count). The fourth-order valence-electron chi connectivity index (χ4n) is 1.20. The van der Waals surface area contributed by atoms with Crippen LogP contribution >= 0.6 is 11.3 Å². The molecular formula is C9H7F2NOS. The van der Waals surface area contributed by atoms with E-state index in [0.717, 1.165) is 15.2 Å². The number of alkyl halides is 2. The highest BCUT2D eigenvalue weighted by Crippen LogP contribution is 2.26. The summed E-state index contributed by atoms with van der Waals surface area (Å²) in [6.45, 7) is -0.903. The summed E-state index contributed by atoms with van der Waals surface area (Å²) in [5.74, 6) is 0.177. The maximum Gasteiger partial charge on any atom is 0.387 e. The lowest BCUT2D eigenvalue weighted by molar-refractivity contribution is -0.0497. The Morgan fingerprint density at radius 3 is 2.93 bits per heavy atom. The minimum Gasteiger partial charge on any atom is -0.435 e. The first kappa shape index (κ1) is 9.33. The zero-order valence-electron chi connectivity index (χ0n) is 7.33. The van der Waals surface area contributed by atoms with Crippen LogP contribution in [0.5, 0.6) is 5.75 Å². The lowest BCUT2D eigenvalue weighted by Gasteiger charge is -2.02. The third-order valence-electron chi connectivity index (χ3n) is 1.69. The Hall–Kier alpha value is -1.23. The van der Waals surface area contributed by atoms with Crippen molar-refractivity contribution in [2.24, 2.45) is 0 Å². The van der Waals surface area contributed by atoms with Crippen LogP contribution in [-0.4, -0.2) is 11.6 Å². The van der Waals surface area contributed by atoms with Crippen molar-refractivity contribution in [1.29, 1.82) is 0 Å². The number of fused-ring (bicyclic) bond motifs is 1. The van der Waals surface area contributed by atoms with Crippen molar-refractivity contribution in [3.8, 4) is 5.75 Å². The molecule has 0 spiro atoms. The highest BCUT2D eigenvalue weighted by atomic mass is 32.1. The van der Waals surface area contributed by atoms with Gasteiger partial charge in [0.1, 0.15) is 5.75 Å². The average molecular weight is 215 g/mol. The van der Waals surface area contributed by atoms with Gasteiger partial charge in [-0.1, -0.05) is 0 Å². The van der Waals surface area contributed by atoms with E-state index in [1.165, 1.54) is 17.4 Å². The van der Waals surface area contributed by atoms with Crippen LogP contribution in [-0.2, 0) is 0 Å². The van der Waals surface area contributed by atoms with Gasteiger partial charge in [0.25, 0.3) is 0 Å². The van der Waals surface area contributed by atoms with Crippen LogP contribution in [0.3, 0.4) is 0 Å². The maximum absolute atomic E-state index is 11.9. The Morgan fingerprint density at radius 2 is 2.21 bits per heavy atom. The Kier molecular flexibility index (Phi) is 2.33. The molecule has 0 aliphatic heterocycles. The quantitative estimate of drug-likeness (QED) is 0.767. The number of hydrogen-bond donors (Lipinski definition) is 0. The largest absolute Gasteiger partial charge is 0.435 e. The molecule has 0 fully saturated rings. The third kappa shape index (κ3) is 1.82. The Labute approximate surface area is 83.1 Å². The normalized spacial score (nSPS) is 11.1. The number of aryl methyl sites for hydroxylation is 1. The van der Waals surface area contributed by atoms with Crippen LogP contribution in [0.2, 0.25) is 0 Å². The zero-order chi connectivity index (χ0) is 10.1. The molecule has 5 heteroatoms. The van der Waals surface area contributed by atoms with Gasteiger partial charge in [-0.05, 0) is 25.1 Å². The predicted molar refractivity (Wildman–Crippen MR) is 51.0 cm³/mol. The highest BCUT2D eigenvalue weighted by molar-refractivity contribution is 7.18. The minimum atomic E-state index is -2.78. The average Bonchev–Trinajstić information content (AvgIpc) is 2.42. The van der Waals surface area contributed by atoms with Crippen molar-refractivity contribution in [2.75, 3.05) is 0 Å². The molecule has 2 aromatic rings. The van der Waals surface area contributed by atoms with E-state index in [1.807, 2.05) is 6.92 Å². The van der Waals surface area contributed by atoms with E-state index in [4.69, 9.17) is 0 Å². The monoisotopic (exact) mass is 215 g/mol. The second-order valence-electron chi connectivity index (χ2n) is 2.74. The van der Waals surface area contributed by atoms with Crippen molar-refractivity contribution in [3.63, 3.8) is 0 Å². The molecule has 0 unspecified atom stereocenters. The Morgan fingerprint density at radius 1 is 1.43 bits per heavy atom. The number of ether oxygens (including phenoxy) is 1. The summed E-state index contributed by atoms with van der Waals surface area (Å²) in [6.07, 6.45) is 0. The van der Waals surface area contributed by atoms with Gasteiger partial charge in [-0.2, -0.15) is 8.78 Å².